The van der Waals surface area contributed by atoms with Crippen molar-refractivity contribution in [2.24, 2.45) is 0 Å². The van der Waals surface area contributed by atoms with E-state index in [0.717, 1.165) is 0 Å². The average molecular weight is 149 g/mol. The number of hydrogen-bond acceptors (Lipinski definition) is 4. The summed E-state index contributed by atoms with van der Waals surface area (Å²) in [6.07, 6.45) is 0. The zero-order valence-electron chi connectivity index (χ0n) is 2.79. The van der Waals surface area contributed by atoms with Crippen LogP contribution in [0.4, 0.5) is 0 Å². The Hall–Kier alpha value is 1.19. The van der Waals surface area contributed by atoms with Gasteiger partial charge in [-0.3, -0.25) is 0 Å². The molecular formula is H9BeNaO5Si. The Kier molecular flexibility index (Phi) is 23.4. The average Bonchev–Trinajstić information content (AvgIpc) is 0.722. The van der Waals surface area contributed by atoms with Gasteiger partial charge in [0.15, 0.2) is 0 Å². The van der Waals surface area contributed by atoms with Crippen LogP contribution in [-0.2, 0) is 0 Å². The van der Waals surface area contributed by atoms with Crippen molar-refractivity contribution < 1.29 is 24.7 Å². The maximum atomic E-state index is 7.33. The van der Waals surface area contributed by atoms with Crippen LogP contribution in [0.15, 0.2) is 0 Å². The van der Waals surface area contributed by atoms with Crippen molar-refractivity contribution in [3.05, 3.63) is 0 Å². The second-order valence-corrected chi connectivity index (χ2v) is 1.80. The van der Waals surface area contributed by atoms with Crippen molar-refractivity contribution in [1.29, 1.82) is 0 Å². The summed E-state index contributed by atoms with van der Waals surface area (Å²) >= 11 is 0. The molecule has 0 amide bonds. The summed E-state index contributed by atoms with van der Waals surface area (Å²) in [5.41, 5.74) is 0. The number of rotatable bonds is 0. The molecule has 0 saturated carbocycles. The van der Waals surface area contributed by atoms with E-state index < -0.39 is 9.05 Å². The molecule has 0 aromatic rings. The van der Waals surface area contributed by atoms with Gasteiger partial charge in [0, 0.05) is 0 Å². The molecule has 0 aliphatic carbocycles. The minimum absolute atomic E-state index is 0. The van der Waals surface area contributed by atoms with Crippen molar-refractivity contribution in [1.82, 2.24) is 0 Å². The third-order valence-electron chi connectivity index (χ3n) is 0. The van der Waals surface area contributed by atoms with Gasteiger partial charge in [0.2, 0.25) is 0 Å². The van der Waals surface area contributed by atoms with Gasteiger partial charge in [-0.1, -0.05) is 0 Å². The van der Waals surface area contributed by atoms with Gasteiger partial charge in [-0.15, -0.1) is 0 Å². The molecule has 6 N–H and O–H groups in total. The Labute approximate surface area is 73.3 Å². The number of hydrogen-bond donors (Lipinski definition) is 4. The maximum absolute atomic E-state index is 7.33. The van der Waals surface area contributed by atoms with Crippen LogP contribution < -0.4 is 0 Å². The molecule has 0 rings (SSSR count). The summed E-state index contributed by atoms with van der Waals surface area (Å²) in [7, 11) is -4.61. The quantitative estimate of drug-likeness (QED) is 0.258. The minimum atomic E-state index is -4.61. The second kappa shape index (κ2) is 8.19. The first-order valence-electron chi connectivity index (χ1n) is 0.894. The SMILES string of the molecule is O.O[Si](O)(O)O.[BeH2].[NaH]. The fraction of sp³-hybridized carbons (Fsp3) is 0. The zero-order chi connectivity index (χ0) is 4.50. The van der Waals surface area contributed by atoms with Gasteiger partial charge < -0.3 is 24.7 Å². The molecule has 0 spiro atoms. The molecule has 0 aromatic carbocycles. The van der Waals surface area contributed by atoms with E-state index in [9.17, 15) is 0 Å². The monoisotopic (exact) mass is 149 g/mol. The summed E-state index contributed by atoms with van der Waals surface area (Å²) in [6, 6.07) is 0. The van der Waals surface area contributed by atoms with Crippen LogP contribution in [-0.4, -0.2) is 73.4 Å². The van der Waals surface area contributed by atoms with E-state index in [1.54, 1.807) is 0 Å². The molecule has 0 unspecified atom stereocenters. The van der Waals surface area contributed by atoms with Crippen LogP contribution >= 0.6 is 0 Å². The summed E-state index contributed by atoms with van der Waals surface area (Å²) in [6.45, 7) is 0. The fourth-order valence-corrected chi connectivity index (χ4v) is 0. The van der Waals surface area contributed by atoms with Crippen LogP contribution in [0.2, 0.25) is 0 Å². The molecular weight excluding hydrogens is 140 g/mol. The van der Waals surface area contributed by atoms with Gasteiger partial charge >= 0.3 is 48.7 Å². The van der Waals surface area contributed by atoms with Crippen molar-refractivity contribution in [2.75, 3.05) is 0 Å². The van der Waals surface area contributed by atoms with E-state index in [0.29, 0.717) is 0 Å². The Bertz CT molecular complexity index is 27.9. The van der Waals surface area contributed by atoms with E-state index in [4.69, 9.17) is 19.2 Å². The van der Waals surface area contributed by atoms with Crippen LogP contribution in [0.25, 0.3) is 0 Å². The van der Waals surface area contributed by atoms with Crippen LogP contribution in [0.5, 0.6) is 0 Å². The molecule has 0 fully saturated rings. The first-order chi connectivity index (χ1) is 2.00. The predicted molar refractivity (Wildman–Crippen MR) is 33.9 cm³/mol. The van der Waals surface area contributed by atoms with E-state index in [1.807, 2.05) is 0 Å². The first kappa shape index (κ1) is 22.9. The summed E-state index contributed by atoms with van der Waals surface area (Å²) < 4.78 is 0. The van der Waals surface area contributed by atoms with Crippen molar-refractivity contribution >= 4 is 48.7 Å². The summed E-state index contributed by atoms with van der Waals surface area (Å²) in [4.78, 5) is 29.3. The van der Waals surface area contributed by atoms with Gasteiger partial charge in [-0.25, -0.2) is 0 Å². The molecule has 0 heterocycles. The molecule has 0 aromatic heterocycles. The first-order valence-corrected chi connectivity index (χ1v) is 2.68. The molecule has 0 radical (unpaired) electrons. The molecule has 5 nitrogen and oxygen atoms in total. The van der Waals surface area contributed by atoms with Crippen LogP contribution in [0.3, 0.4) is 0 Å². The van der Waals surface area contributed by atoms with Crippen molar-refractivity contribution in [2.45, 2.75) is 0 Å². The van der Waals surface area contributed by atoms with Gasteiger partial charge in [-0.05, 0) is 0 Å². The third kappa shape index (κ3) is 196. The molecule has 46 valence electrons. The fourth-order valence-electron chi connectivity index (χ4n) is 0. The molecule has 0 aliphatic heterocycles. The second-order valence-electron chi connectivity index (χ2n) is 0.600. The van der Waals surface area contributed by atoms with Crippen LogP contribution in [0, 0.1) is 0 Å². The molecule has 0 atom stereocenters. The third-order valence-corrected chi connectivity index (χ3v) is 0. The van der Waals surface area contributed by atoms with E-state index in [-0.39, 0.29) is 45.2 Å². The van der Waals surface area contributed by atoms with Crippen molar-refractivity contribution in [3.8, 4) is 0 Å². The molecule has 8 heteroatoms. The topological polar surface area (TPSA) is 112 Å². The Balaban J connectivity index is -0.0000000267. The molecule has 0 aliphatic rings. The summed E-state index contributed by atoms with van der Waals surface area (Å²) in [5.74, 6) is 0. The van der Waals surface area contributed by atoms with Gasteiger partial charge in [0.05, 0.1) is 0 Å². The normalized spacial score (nSPS) is 7.50. The van der Waals surface area contributed by atoms with Crippen LogP contribution in [0.1, 0.15) is 0 Å². The standard InChI is InChI=1S/Be.Na.H4O4Si.H2O.3H/c;;1-5(2,3)4;;;;/h;;1-4H;1H2;;;. The van der Waals surface area contributed by atoms with E-state index >= 15 is 0 Å². The summed E-state index contributed by atoms with van der Waals surface area (Å²) in [5, 5.41) is 0. The van der Waals surface area contributed by atoms with Crippen molar-refractivity contribution in [3.63, 3.8) is 0 Å². The van der Waals surface area contributed by atoms with Gasteiger partial charge in [0.25, 0.3) is 0 Å². The van der Waals surface area contributed by atoms with E-state index in [1.165, 1.54) is 0 Å². The Morgan fingerprint density at radius 3 is 0.875 bits per heavy atom. The molecule has 0 saturated heterocycles. The Morgan fingerprint density at radius 2 is 0.875 bits per heavy atom. The molecule has 0 bridgehead atoms. The predicted octanol–water partition coefficient (Wildman–Crippen LogP) is -5.00. The van der Waals surface area contributed by atoms with Gasteiger partial charge in [-0.2, -0.15) is 0 Å². The molecule has 8 heavy (non-hydrogen) atoms. The van der Waals surface area contributed by atoms with Gasteiger partial charge in [0.1, 0.15) is 0 Å². The van der Waals surface area contributed by atoms with E-state index in [2.05, 4.69) is 0 Å². The Morgan fingerprint density at radius 1 is 0.875 bits per heavy atom. The zero-order valence-corrected chi connectivity index (χ0v) is 3.79.